The molecule has 0 spiro atoms. The van der Waals surface area contributed by atoms with Gasteiger partial charge in [0.15, 0.2) is 0 Å². The van der Waals surface area contributed by atoms with Crippen molar-refractivity contribution in [3.63, 3.8) is 0 Å². The molecule has 0 saturated carbocycles. The lowest BCUT2D eigenvalue weighted by Gasteiger charge is -2.33. The number of benzene rings is 2. The summed E-state index contributed by atoms with van der Waals surface area (Å²) in [6.45, 7) is 5.10. The fourth-order valence-electron chi connectivity index (χ4n) is 3.38. The average Bonchev–Trinajstić information content (AvgIpc) is 2.78. The number of rotatable bonds is 7. The number of hydrogen-bond acceptors (Lipinski definition) is 6. The van der Waals surface area contributed by atoms with E-state index in [1.807, 2.05) is 0 Å². The number of carboxylic acid groups (broad SMARTS) is 2. The van der Waals surface area contributed by atoms with Crippen LogP contribution >= 0.6 is 11.8 Å². The Morgan fingerprint density at radius 1 is 1.03 bits per heavy atom. The molecule has 31 heavy (non-hydrogen) atoms. The topological polar surface area (TPSA) is 107 Å². The van der Waals surface area contributed by atoms with Crippen LogP contribution in [0.15, 0.2) is 47.4 Å². The number of thioether (sulfide) groups is 1. The second kappa shape index (κ2) is 12.5. The summed E-state index contributed by atoms with van der Waals surface area (Å²) in [6, 6.07) is 13.0. The van der Waals surface area contributed by atoms with Crippen LogP contribution in [0.5, 0.6) is 0 Å². The molecule has 1 saturated heterocycles. The first-order chi connectivity index (χ1) is 14.9. The second-order valence-electron chi connectivity index (χ2n) is 7.13. The number of carbonyl (C=O) groups is 2. The summed E-state index contributed by atoms with van der Waals surface area (Å²) in [6.07, 6.45) is 2.99. The molecule has 0 aromatic heterocycles. The average molecular weight is 448 g/mol. The zero-order valence-corrected chi connectivity index (χ0v) is 18.6. The summed E-state index contributed by atoms with van der Waals surface area (Å²) >= 11 is 1.75. The van der Waals surface area contributed by atoms with Gasteiger partial charge in [0.25, 0.3) is 0 Å². The van der Waals surface area contributed by atoms with Crippen LogP contribution in [0.25, 0.3) is 0 Å². The highest BCUT2D eigenvalue weighted by atomic mass is 32.2. The highest BCUT2D eigenvalue weighted by Crippen LogP contribution is 2.17. The number of aliphatic hydroxyl groups excluding tert-OH is 1. The zero-order valence-electron chi connectivity index (χ0n) is 17.8. The third-order valence-electron chi connectivity index (χ3n) is 5.20. The summed E-state index contributed by atoms with van der Waals surface area (Å²) < 4.78 is 5.35. The molecule has 1 unspecified atom stereocenters. The lowest BCUT2D eigenvalue weighted by Crippen LogP contribution is -2.46. The summed E-state index contributed by atoms with van der Waals surface area (Å²) in [5, 5.41) is 26.9. The lowest BCUT2D eigenvalue weighted by molar-refractivity contribution is 0.00341. The summed E-state index contributed by atoms with van der Waals surface area (Å²) in [5.41, 5.74) is 1.63. The van der Waals surface area contributed by atoms with E-state index >= 15 is 0 Å². The fourth-order valence-corrected chi connectivity index (χ4v) is 3.79. The predicted octanol–water partition coefficient (Wildman–Crippen LogP) is 3.04. The van der Waals surface area contributed by atoms with Gasteiger partial charge in [-0.25, -0.2) is 9.59 Å². The van der Waals surface area contributed by atoms with E-state index in [1.54, 1.807) is 11.8 Å². The molecule has 3 N–H and O–H groups in total. The van der Waals surface area contributed by atoms with Crippen LogP contribution in [0, 0.1) is 6.92 Å². The third kappa shape index (κ3) is 7.36. The summed E-state index contributed by atoms with van der Waals surface area (Å²) in [7, 11) is 0. The van der Waals surface area contributed by atoms with E-state index < -0.39 is 11.9 Å². The number of hydrogen-bond donors (Lipinski definition) is 3. The monoisotopic (exact) mass is 447 g/mol. The van der Waals surface area contributed by atoms with Crippen LogP contribution in [0.3, 0.4) is 0 Å². The molecule has 3 rings (SSSR count). The lowest BCUT2D eigenvalue weighted by atomic mass is 10.0. The van der Waals surface area contributed by atoms with E-state index in [9.17, 15) is 14.7 Å². The summed E-state index contributed by atoms with van der Waals surface area (Å²) in [5.74, 6) is -2.22. The number of nitrogens with zero attached hydrogens (tertiary/aromatic N) is 1. The molecule has 2 aromatic carbocycles. The van der Waals surface area contributed by atoms with Crippen LogP contribution in [-0.2, 0) is 11.2 Å². The molecular weight excluding hydrogens is 418 g/mol. The normalized spacial score (nSPS) is 14.9. The van der Waals surface area contributed by atoms with Gasteiger partial charge in [-0.05, 0) is 55.0 Å². The van der Waals surface area contributed by atoms with Crippen LogP contribution < -0.4 is 0 Å². The molecule has 1 heterocycles. The van der Waals surface area contributed by atoms with Gasteiger partial charge in [0.05, 0.1) is 30.9 Å². The van der Waals surface area contributed by atoms with E-state index in [-0.39, 0.29) is 29.3 Å². The van der Waals surface area contributed by atoms with Gasteiger partial charge < -0.3 is 20.1 Å². The smallest absolute Gasteiger partial charge is 0.335 e. The van der Waals surface area contributed by atoms with Crippen LogP contribution in [0.4, 0.5) is 0 Å². The highest BCUT2D eigenvalue weighted by molar-refractivity contribution is 7.98. The van der Waals surface area contributed by atoms with Crippen molar-refractivity contribution < 1.29 is 29.6 Å². The van der Waals surface area contributed by atoms with Crippen molar-refractivity contribution in [2.45, 2.75) is 24.3 Å². The standard InChI is InChI=1S/C14H21NO2S.C9H8O4/c1-18-14-4-2-12(3-5-14)10-13(11-16)15-6-8-17-9-7-15;1-5-6(8(10)11)3-2-4-7(5)9(12)13/h2-5,13,16H,6-11H2,1H3;2-4H,1H3,(H,10,11)(H,12,13). The molecule has 1 fully saturated rings. The Morgan fingerprint density at radius 3 is 2.03 bits per heavy atom. The van der Waals surface area contributed by atoms with E-state index in [0.717, 1.165) is 32.7 Å². The van der Waals surface area contributed by atoms with Gasteiger partial charge in [-0.3, -0.25) is 4.90 Å². The molecule has 0 amide bonds. The maximum absolute atomic E-state index is 10.6. The number of aliphatic hydroxyl groups is 1. The van der Waals surface area contributed by atoms with Gasteiger partial charge in [0.2, 0.25) is 0 Å². The van der Waals surface area contributed by atoms with Crippen LogP contribution in [-0.4, -0.2) is 77.4 Å². The van der Waals surface area contributed by atoms with Crippen molar-refractivity contribution in [3.8, 4) is 0 Å². The molecule has 8 heteroatoms. The molecule has 1 atom stereocenters. The molecule has 1 aliphatic heterocycles. The Morgan fingerprint density at radius 2 is 1.58 bits per heavy atom. The minimum Gasteiger partial charge on any atom is -0.478 e. The van der Waals surface area contributed by atoms with Gasteiger partial charge in [-0.1, -0.05) is 18.2 Å². The van der Waals surface area contributed by atoms with Gasteiger partial charge in [0.1, 0.15) is 0 Å². The van der Waals surface area contributed by atoms with Crippen molar-refractivity contribution in [3.05, 3.63) is 64.7 Å². The van der Waals surface area contributed by atoms with E-state index in [2.05, 4.69) is 35.4 Å². The second-order valence-corrected chi connectivity index (χ2v) is 8.01. The number of aromatic carboxylic acids is 2. The van der Waals surface area contributed by atoms with Crippen molar-refractivity contribution in [2.24, 2.45) is 0 Å². The Labute approximate surface area is 186 Å². The Hall–Kier alpha value is -2.39. The van der Waals surface area contributed by atoms with E-state index in [4.69, 9.17) is 14.9 Å². The highest BCUT2D eigenvalue weighted by Gasteiger charge is 2.20. The van der Waals surface area contributed by atoms with E-state index in [0.29, 0.717) is 0 Å². The minimum atomic E-state index is -1.11. The Balaban J connectivity index is 0.000000233. The first-order valence-electron chi connectivity index (χ1n) is 9.99. The van der Waals surface area contributed by atoms with Crippen molar-refractivity contribution >= 4 is 23.7 Å². The first-order valence-corrected chi connectivity index (χ1v) is 11.2. The van der Waals surface area contributed by atoms with Crippen molar-refractivity contribution in [1.29, 1.82) is 0 Å². The number of carboxylic acids is 2. The SMILES string of the molecule is CSc1ccc(CC(CO)N2CCOCC2)cc1.Cc1c(C(=O)O)cccc1C(=O)O. The molecule has 168 valence electrons. The van der Waals surface area contributed by atoms with Crippen molar-refractivity contribution in [1.82, 2.24) is 4.90 Å². The van der Waals surface area contributed by atoms with Crippen LogP contribution in [0.2, 0.25) is 0 Å². The van der Waals surface area contributed by atoms with E-state index in [1.165, 1.54) is 35.6 Å². The molecular formula is C23H29NO6S. The maximum atomic E-state index is 10.6. The number of morpholine rings is 1. The van der Waals surface area contributed by atoms with Crippen molar-refractivity contribution in [2.75, 3.05) is 39.2 Å². The Bertz CT molecular complexity index is 833. The van der Waals surface area contributed by atoms with Gasteiger partial charge in [0, 0.05) is 24.0 Å². The predicted molar refractivity (Wildman–Crippen MR) is 120 cm³/mol. The Kier molecular flexibility index (Phi) is 10.00. The minimum absolute atomic E-state index is 0.0277. The molecule has 7 nitrogen and oxygen atoms in total. The molecule has 0 aliphatic carbocycles. The molecule has 0 bridgehead atoms. The largest absolute Gasteiger partial charge is 0.478 e. The maximum Gasteiger partial charge on any atom is 0.335 e. The van der Waals surface area contributed by atoms with Gasteiger partial charge in [-0.2, -0.15) is 0 Å². The third-order valence-corrected chi connectivity index (χ3v) is 5.94. The summed E-state index contributed by atoms with van der Waals surface area (Å²) in [4.78, 5) is 24.8. The fraction of sp³-hybridized carbons (Fsp3) is 0.391. The van der Waals surface area contributed by atoms with Gasteiger partial charge >= 0.3 is 11.9 Å². The first kappa shape index (κ1) is 24.9. The molecule has 2 aromatic rings. The van der Waals surface area contributed by atoms with Crippen LogP contribution in [0.1, 0.15) is 31.8 Å². The molecule has 0 radical (unpaired) electrons. The van der Waals surface area contributed by atoms with Gasteiger partial charge in [-0.15, -0.1) is 11.8 Å². The quantitative estimate of drug-likeness (QED) is 0.556. The zero-order chi connectivity index (χ0) is 22.8. The number of ether oxygens (including phenoxy) is 1. The molecule has 1 aliphatic rings.